The number of benzene rings is 2. The van der Waals surface area contributed by atoms with E-state index in [-0.39, 0.29) is 41.4 Å². The molecule has 0 aliphatic rings. The Kier molecular flexibility index (Phi) is 6.60. The molecule has 12 heteroatoms. The number of carbonyl (C=O) groups excluding carboxylic acids is 2. The maximum atomic E-state index is 12.1. The highest BCUT2D eigenvalue weighted by atomic mass is 35.5. The van der Waals surface area contributed by atoms with Crippen LogP contribution in [0.3, 0.4) is 0 Å². The summed E-state index contributed by atoms with van der Waals surface area (Å²) >= 11 is 11.7. The number of rotatable bonds is 7. The van der Waals surface area contributed by atoms with E-state index in [4.69, 9.17) is 27.7 Å². The minimum atomic E-state index is -0.626. The third-order valence-electron chi connectivity index (χ3n) is 3.83. The molecule has 2 N–H and O–H groups in total. The number of nitrogens with zero attached hydrogens (tertiary/aromatic N) is 3. The van der Waals surface area contributed by atoms with Crippen molar-refractivity contribution in [2.24, 2.45) is 0 Å². The van der Waals surface area contributed by atoms with Crippen molar-refractivity contribution in [2.45, 2.75) is 0 Å². The van der Waals surface area contributed by atoms with Crippen molar-refractivity contribution in [3.8, 4) is 11.4 Å². The molecule has 154 valence electrons. The highest BCUT2D eigenvalue weighted by Gasteiger charge is 2.16. The van der Waals surface area contributed by atoms with Crippen LogP contribution >= 0.6 is 23.2 Å². The Morgan fingerprint density at radius 3 is 2.30 bits per heavy atom. The Morgan fingerprint density at radius 2 is 1.67 bits per heavy atom. The van der Waals surface area contributed by atoms with Gasteiger partial charge in [-0.3, -0.25) is 19.7 Å². The second-order valence-corrected chi connectivity index (χ2v) is 6.68. The normalized spacial score (nSPS) is 10.5. The molecule has 0 bridgehead atoms. The Labute approximate surface area is 179 Å². The molecule has 1 heterocycles. The summed E-state index contributed by atoms with van der Waals surface area (Å²) in [6.45, 7) is 0.259. The smallest absolute Gasteiger partial charge is 0.316 e. The number of amides is 2. The molecule has 0 aliphatic heterocycles. The summed E-state index contributed by atoms with van der Waals surface area (Å²) in [4.78, 5) is 38.2. The number of halogens is 2. The van der Waals surface area contributed by atoms with Gasteiger partial charge in [0.15, 0.2) is 0 Å². The van der Waals surface area contributed by atoms with Crippen molar-refractivity contribution in [1.29, 1.82) is 0 Å². The van der Waals surface area contributed by atoms with Crippen LogP contribution in [-0.4, -0.2) is 40.0 Å². The summed E-state index contributed by atoms with van der Waals surface area (Å²) in [6.07, 6.45) is 0. The Balaban J connectivity index is 1.50. The summed E-state index contributed by atoms with van der Waals surface area (Å²) < 4.78 is 4.91. The van der Waals surface area contributed by atoms with Crippen LogP contribution in [0, 0.1) is 10.1 Å². The highest BCUT2D eigenvalue weighted by molar-refractivity contribution is 6.42. The van der Waals surface area contributed by atoms with E-state index in [1.165, 1.54) is 42.5 Å². The first-order valence-electron chi connectivity index (χ1n) is 8.45. The van der Waals surface area contributed by atoms with Crippen LogP contribution in [0.15, 0.2) is 47.0 Å². The van der Waals surface area contributed by atoms with Crippen LogP contribution in [-0.2, 0) is 0 Å². The quantitative estimate of drug-likeness (QED) is 0.320. The SMILES string of the molecule is O=C(NCCNC(=O)c1nc(-c2ccc([N+](=O)[O-])cc2)no1)c1ccc(Cl)c(Cl)c1. The molecule has 3 aromatic rings. The van der Waals surface area contributed by atoms with E-state index in [0.717, 1.165) is 0 Å². The zero-order valence-corrected chi connectivity index (χ0v) is 16.6. The molecule has 2 aromatic carbocycles. The molecule has 1 aromatic heterocycles. The van der Waals surface area contributed by atoms with Gasteiger partial charge in [0.2, 0.25) is 5.82 Å². The fraction of sp³-hybridized carbons (Fsp3) is 0.111. The highest BCUT2D eigenvalue weighted by Crippen LogP contribution is 2.22. The average Bonchev–Trinajstić information content (AvgIpc) is 3.23. The lowest BCUT2D eigenvalue weighted by Gasteiger charge is -2.06. The lowest BCUT2D eigenvalue weighted by atomic mass is 10.2. The van der Waals surface area contributed by atoms with Gasteiger partial charge in [0.25, 0.3) is 11.6 Å². The van der Waals surface area contributed by atoms with Gasteiger partial charge in [0, 0.05) is 36.3 Å². The van der Waals surface area contributed by atoms with Gasteiger partial charge in [-0.1, -0.05) is 28.4 Å². The van der Waals surface area contributed by atoms with Crippen LogP contribution in [0.25, 0.3) is 11.4 Å². The number of carbonyl (C=O) groups is 2. The van der Waals surface area contributed by atoms with Crippen LogP contribution in [0.1, 0.15) is 21.0 Å². The maximum Gasteiger partial charge on any atom is 0.316 e. The van der Waals surface area contributed by atoms with Crippen LogP contribution in [0.5, 0.6) is 0 Å². The average molecular weight is 450 g/mol. The zero-order valence-electron chi connectivity index (χ0n) is 15.1. The van der Waals surface area contributed by atoms with Gasteiger partial charge in [0.05, 0.1) is 15.0 Å². The Hall–Kier alpha value is -3.50. The molecule has 0 radical (unpaired) electrons. The van der Waals surface area contributed by atoms with Gasteiger partial charge in [-0.05, 0) is 30.3 Å². The second-order valence-electron chi connectivity index (χ2n) is 5.87. The monoisotopic (exact) mass is 449 g/mol. The molecule has 0 saturated heterocycles. The van der Waals surface area contributed by atoms with Crippen LogP contribution in [0.4, 0.5) is 5.69 Å². The third kappa shape index (κ3) is 5.10. The van der Waals surface area contributed by atoms with Crippen molar-refractivity contribution >= 4 is 40.7 Å². The lowest BCUT2D eigenvalue weighted by molar-refractivity contribution is -0.384. The van der Waals surface area contributed by atoms with Gasteiger partial charge < -0.3 is 15.2 Å². The first-order valence-corrected chi connectivity index (χ1v) is 9.20. The van der Waals surface area contributed by atoms with E-state index in [9.17, 15) is 19.7 Å². The number of nitro benzene ring substituents is 1. The first kappa shape index (κ1) is 21.2. The predicted molar refractivity (Wildman–Crippen MR) is 108 cm³/mol. The fourth-order valence-corrected chi connectivity index (χ4v) is 2.63. The van der Waals surface area contributed by atoms with E-state index >= 15 is 0 Å². The van der Waals surface area contributed by atoms with E-state index in [0.29, 0.717) is 16.1 Å². The minimum absolute atomic E-state index is 0.0804. The predicted octanol–water partition coefficient (Wildman–Crippen LogP) is 3.11. The standard InChI is InChI=1S/C18H13Cl2N5O5/c19-13-6-3-11(9-14(13)20)16(26)21-7-8-22-17(27)18-23-15(24-30-18)10-1-4-12(5-2-10)25(28)29/h1-6,9H,7-8H2,(H,21,26)(H,22,27). The van der Waals surface area contributed by atoms with Gasteiger partial charge >= 0.3 is 11.8 Å². The van der Waals surface area contributed by atoms with E-state index in [1.54, 1.807) is 0 Å². The van der Waals surface area contributed by atoms with Gasteiger partial charge in [0.1, 0.15) is 0 Å². The summed E-state index contributed by atoms with van der Waals surface area (Å²) in [7, 11) is 0. The summed E-state index contributed by atoms with van der Waals surface area (Å²) in [5.74, 6) is -1.16. The molecule has 2 amide bonds. The fourth-order valence-electron chi connectivity index (χ4n) is 2.33. The summed E-state index contributed by atoms with van der Waals surface area (Å²) in [5.41, 5.74) is 0.709. The van der Waals surface area contributed by atoms with Crippen molar-refractivity contribution in [3.63, 3.8) is 0 Å². The van der Waals surface area contributed by atoms with E-state index < -0.39 is 10.8 Å². The van der Waals surface area contributed by atoms with Gasteiger partial charge in [-0.15, -0.1) is 0 Å². The number of nitrogens with one attached hydrogen (secondary N) is 2. The number of hydrogen-bond acceptors (Lipinski definition) is 7. The van der Waals surface area contributed by atoms with Crippen molar-refractivity contribution in [1.82, 2.24) is 20.8 Å². The molecular weight excluding hydrogens is 437 g/mol. The number of non-ortho nitro benzene ring substituents is 1. The Morgan fingerprint density at radius 1 is 1.00 bits per heavy atom. The molecule has 0 atom stereocenters. The summed E-state index contributed by atoms with van der Waals surface area (Å²) in [6, 6.07) is 9.96. The zero-order chi connectivity index (χ0) is 21.7. The number of hydrogen-bond donors (Lipinski definition) is 2. The second kappa shape index (κ2) is 9.33. The number of nitro groups is 1. The summed E-state index contributed by atoms with van der Waals surface area (Å²) in [5, 5.41) is 20.1. The van der Waals surface area contributed by atoms with Gasteiger partial charge in [-0.25, -0.2) is 0 Å². The molecule has 30 heavy (non-hydrogen) atoms. The molecule has 0 spiro atoms. The molecule has 0 fully saturated rings. The molecule has 0 aliphatic carbocycles. The van der Waals surface area contributed by atoms with Crippen molar-refractivity contribution in [3.05, 3.63) is 74.1 Å². The first-order chi connectivity index (χ1) is 14.3. The van der Waals surface area contributed by atoms with Crippen molar-refractivity contribution < 1.29 is 19.0 Å². The van der Waals surface area contributed by atoms with Crippen LogP contribution in [0.2, 0.25) is 10.0 Å². The molecule has 0 saturated carbocycles. The molecule has 3 rings (SSSR count). The largest absolute Gasteiger partial charge is 0.350 e. The lowest BCUT2D eigenvalue weighted by Crippen LogP contribution is -2.34. The Bertz CT molecular complexity index is 1100. The molecular formula is C18H13Cl2N5O5. The molecule has 0 unspecified atom stereocenters. The topological polar surface area (TPSA) is 140 Å². The maximum absolute atomic E-state index is 12.1. The van der Waals surface area contributed by atoms with E-state index in [1.807, 2.05) is 0 Å². The van der Waals surface area contributed by atoms with Crippen molar-refractivity contribution in [2.75, 3.05) is 13.1 Å². The third-order valence-corrected chi connectivity index (χ3v) is 4.57. The van der Waals surface area contributed by atoms with Crippen LogP contribution < -0.4 is 10.6 Å². The van der Waals surface area contributed by atoms with Gasteiger partial charge in [-0.2, -0.15) is 4.98 Å². The minimum Gasteiger partial charge on any atom is -0.350 e. The number of aromatic nitrogens is 2. The van der Waals surface area contributed by atoms with E-state index in [2.05, 4.69) is 20.8 Å². The molecule has 10 nitrogen and oxygen atoms in total.